The van der Waals surface area contributed by atoms with E-state index >= 15 is 0 Å². The monoisotopic (exact) mass is 291 g/mol. The van der Waals surface area contributed by atoms with Crippen LogP contribution < -0.4 is 0 Å². The van der Waals surface area contributed by atoms with E-state index in [0.717, 1.165) is 50.2 Å². The molecule has 1 aliphatic rings. The number of hydrogen-bond acceptors (Lipinski definition) is 5. The van der Waals surface area contributed by atoms with Crippen LogP contribution in [-0.2, 0) is 11.3 Å². The summed E-state index contributed by atoms with van der Waals surface area (Å²) in [5.41, 5.74) is 3.71. The van der Waals surface area contributed by atoms with Gasteiger partial charge < -0.3 is 9.64 Å². The number of rotatable bonds is 4. The average Bonchev–Trinajstić information content (AvgIpc) is 2.86. The molecule has 1 fully saturated rings. The van der Waals surface area contributed by atoms with Crippen molar-refractivity contribution in [1.82, 2.24) is 13.6 Å². The summed E-state index contributed by atoms with van der Waals surface area (Å²) in [5, 5.41) is 0. The summed E-state index contributed by atoms with van der Waals surface area (Å²) in [5.74, 6) is 0. The molecule has 0 spiro atoms. The van der Waals surface area contributed by atoms with Crippen molar-refractivity contribution in [3.63, 3.8) is 0 Å². The van der Waals surface area contributed by atoms with Crippen LogP contribution in [-0.4, -0.2) is 40.5 Å². The van der Waals surface area contributed by atoms with Gasteiger partial charge in [-0.15, -0.1) is 0 Å². The molecule has 4 nitrogen and oxygen atoms in total. The minimum Gasteiger partial charge on any atom is -0.381 e. The smallest absolute Gasteiger partial charge is 0.105 e. The lowest BCUT2D eigenvalue weighted by Gasteiger charge is -2.37. The van der Waals surface area contributed by atoms with E-state index in [0.29, 0.717) is 5.41 Å². The Bertz CT molecular complexity index is 577. The van der Waals surface area contributed by atoms with Crippen LogP contribution in [0.15, 0.2) is 18.2 Å². The van der Waals surface area contributed by atoms with Crippen molar-refractivity contribution >= 4 is 22.8 Å². The summed E-state index contributed by atoms with van der Waals surface area (Å²) < 4.78 is 14.0. The fourth-order valence-corrected chi connectivity index (χ4v) is 3.48. The van der Waals surface area contributed by atoms with Crippen LogP contribution in [0, 0.1) is 5.41 Å². The quantitative estimate of drug-likeness (QED) is 0.868. The minimum absolute atomic E-state index is 0.388. The molecule has 0 aliphatic carbocycles. The SMILES string of the molecule is CN(Cc1ccc2nsnc2c1)CC1(C)CCOCC1. The fraction of sp³-hybridized carbons (Fsp3) is 0.600. The van der Waals surface area contributed by atoms with Gasteiger partial charge in [-0.3, -0.25) is 0 Å². The van der Waals surface area contributed by atoms with Gasteiger partial charge in [0, 0.05) is 26.3 Å². The second-order valence-corrected chi connectivity index (χ2v) is 6.71. The number of ether oxygens (including phenoxy) is 1. The second kappa shape index (κ2) is 5.76. The Hall–Kier alpha value is -1.04. The third-order valence-electron chi connectivity index (χ3n) is 4.12. The van der Waals surface area contributed by atoms with Crippen molar-refractivity contribution in [1.29, 1.82) is 0 Å². The number of nitrogens with zero attached hydrogens (tertiary/aromatic N) is 3. The van der Waals surface area contributed by atoms with Gasteiger partial charge in [-0.25, -0.2) is 0 Å². The standard InChI is InChI=1S/C15H21N3OS/c1-15(5-7-19-8-6-15)11-18(2)10-12-3-4-13-14(9-12)17-20-16-13/h3-4,9H,5-8,10-11H2,1-2H3. The maximum absolute atomic E-state index is 5.47. The van der Waals surface area contributed by atoms with Gasteiger partial charge in [0.1, 0.15) is 11.0 Å². The van der Waals surface area contributed by atoms with Gasteiger partial charge in [0.05, 0.1) is 11.7 Å². The van der Waals surface area contributed by atoms with E-state index < -0.39 is 0 Å². The molecule has 108 valence electrons. The molecule has 1 aromatic heterocycles. The molecule has 1 aliphatic heterocycles. The van der Waals surface area contributed by atoms with E-state index in [-0.39, 0.29) is 0 Å². The van der Waals surface area contributed by atoms with E-state index in [9.17, 15) is 0 Å². The highest BCUT2D eigenvalue weighted by atomic mass is 32.1. The molecule has 1 saturated heterocycles. The van der Waals surface area contributed by atoms with E-state index in [1.165, 1.54) is 17.3 Å². The van der Waals surface area contributed by atoms with Crippen molar-refractivity contribution in [2.24, 2.45) is 5.41 Å². The van der Waals surface area contributed by atoms with Crippen LogP contribution in [0.5, 0.6) is 0 Å². The van der Waals surface area contributed by atoms with Crippen molar-refractivity contribution in [3.05, 3.63) is 23.8 Å². The predicted octanol–water partition coefficient (Wildman–Crippen LogP) is 2.94. The number of aromatic nitrogens is 2. The van der Waals surface area contributed by atoms with Gasteiger partial charge in [-0.2, -0.15) is 8.75 Å². The molecule has 1 aromatic carbocycles. The lowest BCUT2D eigenvalue weighted by atomic mass is 9.82. The molecule has 0 saturated carbocycles. The van der Waals surface area contributed by atoms with E-state index in [1.54, 1.807) is 0 Å². The molecular formula is C15H21N3OS. The van der Waals surface area contributed by atoms with Gasteiger partial charge in [0.25, 0.3) is 0 Å². The lowest BCUT2D eigenvalue weighted by molar-refractivity contribution is 0.00787. The Morgan fingerprint density at radius 3 is 2.80 bits per heavy atom. The summed E-state index contributed by atoms with van der Waals surface area (Å²) in [6, 6.07) is 6.38. The van der Waals surface area contributed by atoms with Gasteiger partial charge in [-0.1, -0.05) is 13.0 Å². The molecule has 0 atom stereocenters. The Morgan fingerprint density at radius 2 is 2.00 bits per heavy atom. The third-order valence-corrected chi connectivity index (χ3v) is 4.68. The molecule has 2 aromatic rings. The summed E-state index contributed by atoms with van der Waals surface area (Å²) in [7, 11) is 2.20. The van der Waals surface area contributed by atoms with Gasteiger partial charge in [0.15, 0.2) is 0 Å². The normalized spacial score (nSPS) is 18.8. The van der Waals surface area contributed by atoms with E-state index in [1.807, 2.05) is 0 Å². The van der Waals surface area contributed by atoms with Gasteiger partial charge in [-0.05, 0) is 43.0 Å². The zero-order valence-corrected chi connectivity index (χ0v) is 12.9. The van der Waals surface area contributed by atoms with Crippen molar-refractivity contribution < 1.29 is 4.74 Å². The van der Waals surface area contributed by atoms with Gasteiger partial charge in [0.2, 0.25) is 0 Å². The number of benzene rings is 1. The Morgan fingerprint density at radius 1 is 1.25 bits per heavy atom. The molecule has 0 radical (unpaired) electrons. The lowest BCUT2D eigenvalue weighted by Crippen LogP contribution is -2.37. The van der Waals surface area contributed by atoms with Crippen LogP contribution in [0.4, 0.5) is 0 Å². The number of hydrogen-bond donors (Lipinski definition) is 0. The molecule has 20 heavy (non-hydrogen) atoms. The highest BCUT2D eigenvalue weighted by molar-refractivity contribution is 7.00. The highest BCUT2D eigenvalue weighted by Crippen LogP contribution is 2.30. The zero-order valence-electron chi connectivity index (χ0n) is 12.1. The molecule has 0 amide bonds. The van der Waals surface area contributed by atoms with E-state index in [2.05, 4.69) is 45.8 Å². The maximum Gasteiger partial charge on any atom is 0.105 e. The molecule has 0 unspecified atom stereocenters. The molecular weight excluding hydrogens is 270 g/mol. The predicted molar refractivity (Wildman–Crippen MR) is 81.9 cm³/mol. The summed E-state index contributed by atoms with van der Waals surface area (Å²) in [4.78, 5) is 2.41. The van der Waals surface area contributed by atoms with Gasteiger partial charge >= 0.3 is 0 Å². The van der Waals surface area contributed by atoms with Crippen LogP contribution in [0.3, 0.4) is 0 Å². The van der Waals surface area contributed by atoms with Crippen molar-refractivity contribution in [2.45, 2.75) is 26.3 Å². The summed E-state index contributed by atoms with van der Waals surface area (Å²) in [6.45, 7) is 6.26. The minimum atomic E-state index is 0.388. The number of fused-ring (bicyclic) bond motifs is 1. The summed E-state index contributed by atoms with van der Waals surface area (Å²) >= 11 is 1.28. The van der Waals surface area contributed by atoms with Crippen molar-refractivity contribution in [2.75, 3.05) is 26.8 Å². The van der Waals surface area contributed by atoms with Crippen LogP contribution in [0.25, 0.3) is 11.0 Å². The zero-order chi connectivity index (χ0) is 14.0. The largest absolute Gasteiger partial charge is 0.381 e. The van der Waals surface area contributed by atoms with Crippen molar-refractivity contribution in [3.8, 4) is 0 Å². The highest BCUT2D eigenvalue weighted by Gasteiger charge is 2.28. The molecule has 5 heteroatoms. The Labute approximate surface area is 124 Å². The molecule has 0 N–H and O–H groups in total. The fourth-order valence-electron chi connectivity index (χ4n) is 2.97. The maximum atomic E-state index is 5.47. The third kappa shape index (κ3) is 3.16. The molecule has 0 bridgehead atoms. The Kier molecular flexibility index (Phi) is 4.01. The summed E-state index contributed by atoms with van der Waals surface area (Å²) in [6.07, 6.45) is 2.32. The first kappa shape index (κ1) is 13.9. The van der Waals surface area contributed by atoms with E-state index in [4.69, 9.17) is 4.74 Å². The van der Waals surface area contributed by atoms with Crippen LogP contribution >= 0.6 is 11.7 Å². The second-order valence-electron chi connectivity index (χ2n) is 6.18. The Balaban J connectivity index is 1.64. The first-order valence-electron chi connectivity index (χ1n) is 7.12. The molecule has 3 rings (SSSR count). The topological polar surface area (TPSA) is 38.2 Å². The average molecular weight is 291 g/mol. The van der Waals surface area contributed by atoms with Crippen LogP contribution in [0.1, 0.15) is 25.3 Å². The van der Waals surface area contributed by atoms with Crippen LogP contribution in [0.2, 0.25) is 0 Å². The first-order valence-corrected chi connectivity index (χ1v) is 7.85. The first-order chi connectivity index (χ1) is 9.65. The molecule has 2 heterocycles.